The second kappa shape index (κ2) is 20.7. The molecule has 0 aromatic carbocycles. The zero-order valence-corrected chi connectivity index (χ0v) is 44.2. The van der Waals surface area contributed by atoms with Crippen molar-refractivity contribution in [3.05, 3.63) is 42.0 Å². The summed E-state index contributed by atoms with van der Waals surface area (Å²) >= 11 is 0. The van der Waals surface area contributed by atoms with E-state index in [-0.39, 0.29) is 33.6 Å². The molecule has 1 N–H and O–H groups in total. The summed E-state index contributed by atoms with van der Waals surface area (Å²) in [4.78, 5) is 25.0. The van der Waals surface area contributed by atoms with Gasteiger partial charge in [0.05, 0.1) is 36.9 Å². The van der Waals surface area contributed by atoms with Gasteiger partial charge in [-0.3, -0.25) is 19.7 Å². The standard InChI is InChI=1S/C54H94N8O3/c1-49(2,3)20-17-23-60-36-39(35-59-24-26-62(27-25-59)52(10,11)12)47(60)48-40(38-63-46-34-55-44(33-57-46)51(7,8)9)37-61(48)28-29-64-54(15,16)22-21-53(13,14)58-42-30-43(31-42)65-45-19-18-41(32-56-45)50(4,5)6/h18-19,32-34,39-40,42-43,47-48,58H,17,20-31,35-38H2,1-16H3. The molecule has 2 aromatic rings. The van der Waals surface area contributed by atoms with Gasteiger partial charge in [0.2, 0.25) is 11.8 Å². The van der Waals surface area contributed by atoms with Crippen LogP contribution in [-0.2, 0) is 15.6 Å². The van der Waals surface area contributed by atoms with Gasteiger partial charge < -0.3 is 24.4 Å². The third-order valence-electron chi connectivity index (χ3n) is 14.9. The number of aromatic nitrogens is 3. The fourth-order valence-corrected chi connectivity index (χ4v) is 10.5. The first kappa shape index (κ1) is 52.0. The van der Waals surface area contributed by atoms with Gasteiger partial charge in [-0.15, -0.1) is 0 Å². The predicted octanol–water partition coefficient (Wildman–Crippen LogP) is 9.24. The van der Waals surface area contributed by atoms with Crippen LogP contribution in [-0.4, -0.2) is 148 Å². The van der Waals surface area contributed by atoms with E-state index in [4.69, 9.17) is 24.2 Å². The van der Waals surface area contributed by atoms with Crippen molar-refractivity contribution < 1.29 is 14.2 Å². The van der Waals surface area contributed by atoms with E-state index in [1.54, 1.807) is 0 Å². The van der Waals surface area contributed by atoms with Gasteiger partial charge >= 0.3 is 0 Å². The van der Waals surface area contributed by atoms with Gasteiger partial charge in [0.15, 0.2) is 0 Å². The van der Waals surface area contributed by atoms with E-state index in [0.717, 1.165) is 83.1 Å². The van der Waals surface area contributed by atoms with Crippen molar-refractivity contribution in [3.8, 4) is 11.8 Å². The van der Waals surface area contributed by atoms with Gasteiger partial charge in [-0.05, 0) is 110 Å². The monoisotopic (exact) mass is 903 g/mol. The maximum absolute atomic E-state index is 6.81. The lowest BCUT2D eigenvalue weighted by molar-refractivity contribution is -0.139. The smallest absolute Gasteiger partial charge is 0.232 e. The van der Waals surface area contributed by atoms with Crippen molar-refractivity contribution in [2.45, 2.75) is 201 Å². The van der Waals surface area contributed by atoms with Crippen LogP contribution in [0.3, 0.4) is 0 Å². The molecule has 1 saturated carbocycles. The Labute approximate surface area is 396 Å². The number of likely N-dealkylation sites (tertiary alicyclic amines) is 2. The molecule has 4 fully saturated rings. The van der Waals surface area contributed by atoms with Crippen LogP contribution in [0.1, 0.15) is 161 Å². The molecule has 4 atom stereocenters. The van der Waals surface area contributed by atoms with E-state index in [1.807, 2.05) is 24.7 Å². The third-order valence-corrected chi connectivity index (χ3v) is 14.9. The number of hydrogen-bond acceptors (Lipinski definition) is 11. The summed E-state index contributed by atoms with van der Waals surface area (Å²) in [5, 5.41) is 3.95. The fraction of sp³-hybridized carbons (Fsp3) is 0.833. The Morgan fingerprint density at radius 2 is 1.31 bits per heavy atom. The summed E-state index contributed by atoms with van der Waals surface area (Å²) in [6, 6.07) is 5.56. The Kier molecular flexibility index (Phi) is 16.5. The van der Waals surface area contributed by atoms with E-state index in [9.17, 15) is 0 Å². The lowest BCUT2D eigenvalue weighted by Crippen LogP contribution is -2.75. The molecule has 11 nitrogen and oxygen atoms in total. The van der Waals surface area contributed by atoms with E-state index >= 15 is 0 Å². The second-order valence-electron chi connectivity index (χ2n) is 26.1. The van der Waals surface area contributed by atoms with Crippen molar-refractivity contribution in [2.75, 3.05) is 72.1 Å². The van der Waals surface area contributed by atoms with Gasteiger partial charge in [0.1, 0.15) is 6.10 Å². The van der Waals surface area contributed by atoms with Crippen LogP contribution >= 0.6 is 0 Å². The minimum Gasteiger partial charge on any atom is -0.476 e. The molecule has 3 aliphatic heterocycles. The average Bonchev–Trinajstić information content (AvgIpc) is 3.17. The van der Waals surface area contributed by atoms with Crippen LogP contribution in [0.25, 0.3) is 0 Å². The number of pyridine rings is 1. The van der Waals surface area contributed by atoms with Crippen molar-refractivity contribution in [1.82, 2.24) is 39.9 Å². The van der Waals surface area contributed by atoms with Gasteiger partial charge in [-0.25, -0.2) is 9.97 Å². The number of nitrogens with zero attached hydrogens (tertiary/aromatic N) is 7. The van der Waals surface area contributed by atoms with Crippen LogP contribution in [0.4, 0.5) is 0 Å². The molecular formula is C54H94N8O3. The largest absolute Gasteiger partial charge is 0.476 e. The van der Waals surface area contributed by atoms with Crippen LogP contribution in [0.5, 0.6) is 11.8 Å². The number of piperazine rings is 1. The molecule has 4 unspecified atom stereocenters. The Hall–Kier alpha value is -2.41. The molecule has 0 amide bonds. The summed E-state index contributed by atoms with van der Waals surface area (Å²) in [5.74, 6) is 2.44. The number of hydrogen-bond donors (Lipinski definition) is 1. The van der Waals surface area contributed by atoms with Gasteiger partial charge in [0, 0.05) is 111 Å². The first-order valence-corrected chi connectivity index (χ1v) is 25.6. The quantitative estimate of drug-likeness (QED) is 0.138. The highest BCUT2D eigenvalue weighted by molar-refractivity contribution is 5.24. The summed E-state index contributed by atoms with van der Waals surface area (Å²) < 4.78 is 19.5. The van der Waals surface area contributed by atoms with Crippen LogP contribution in [0, 0.1) is 17.3 Å². The fourth-order valence-electron chi connectivity index (χ4n) is 10.5. The molecule has 0 radical (unpaired) electrons. The molecule has 65 heavy (non-hydrogen) atoms. The van der Waals surface area contributed by atoms with Crippen LogP contribution < -0.4 is 14.8 Å². The lowest BCUT2D eigenvalue weighted by atomic mass is 9.72. The minimum absolute atomic E-state index is 0.00514. The molecule has 0 bridgehead atoms. The van der Waals surface area contributed by atoms with Crippen LogP contribution in [0.15, 0.2) is 30.7 Å². The van der Waals surface area contributed by atoms with Crippen LogP contribution in [0.2, 0.25) is 0 Å². The van der Waals surface area contributed by atoms with Crippen molar-refractivity contribution in [1.29, 1.82) is 0 Å². The van der Waals surface area contributed by atoms with Crippen molar-refractivity contribution in [3.63, 3.8) is 0 Å². The first-order chi connectivity index (χ1) is 30.1. The maximum Gasteiger partial charge on any atom is 0.232 e. The van der Waals surface area contributed by atoms with E-state index in [1.165, 1.54) is 38.0 Å². The summed E-state index contributed by atoms with van der Waals surface area (Å²) in [5.41, 5.74) is 2.62. The Morgan fingerprint density at radius 3 is 1.89 bits per heavy atom. The molecule has 3 saturated heterocycles. The topological polar surface area (TPSA) is 91.4 Å². The molecule has 11 heteroatoms. The number of nitrogens with one attached hydrogen (secondary N) is 1. The zero-order valence-electron chi connectivity index (χ0n) is 44.2. The van der Waals surface area contributed by atoms with E-state index in [0.29, 0.717) is 47.9 Å². The molecule has 6 rings (SSSR count). The Balaban J connectivity index is 1.04. The van der Waals surface area contributed by atoms with Crippen molar-refractivity contribution >= 4 is 0 Å². The van der Waals surface area contributed by atoms with Gasteiger partial charge in [0.25, 0.3) is 0 Å². The second-order valence-corrected chi connectivity index (χ2v) is 26.1. The molecule has 2 aromatic heterocycles. The third kappa shape index (κ3) is 15.0. The molecule has 0 spiro atoms. The lowest BCUT2D eigenvalue weighted by Gasteiger charge is -2.62. The highest BCUT2D eigenvalue weighted by Gasteiger charge is 2.53. The minimum atomic E-state index is -0.219. The number of rotatable bonds is 20. The van der Waals surface area contributed by atoms with Gasteiger partial charge in [-0.2, -0.15) is 0 Å². The molecular weight excluding hydrogens is 809 g/mol. The Bertz CT molecular complexity index is 1760. The maximum atomic E-state index is 6.81. The molecule has 1 aliphatic carbocycles. The van der Waals surface area contributed by atoms with Crippen molar-refractivity contribution in [2.24, 2.45) is 17.3 Å². The number of ether oxygens (including phenoxy) is 3. The molecule has 5 heterocycles. The highest BCUT2D eigenvalue weighted by Crippen LogP contribution is 2.41. The zero-order chi connectivity index (χ0) is 47.6. The Morgan fingerprint density at radius 1 is 0.662 bits per heavy atom. The summed E-state index contributed by atoms with van der Waals surface area (Å²) in [6.45, 7) is 48.1. The predicted molar refractivity (Wildman–Crippen MR) is 267 cm³/mol. The summed E-state index contributed by atoms with van der Waals surface area (Å²) in [7, 11) is 0. The SMILES string of the molecule is CC(C)(C)CCCN1CC(CN2CCN(C(C)(C)C)CC2)C1C1C(COc2cnc(C(C)(C)C)cn2)CN1CCOC(C)(C)CCC(C)(C)NC1CC(Oc2ccc(C(C)(C)C)cn2)C1. The van der Waals surface area contributed by atoms with E-state index < -0.39 is 0 Å². The average molecular weight is 903 g/mol. The summed E-state index contributed by atoms with van der Waals surface area (Å²) in [6.07, 6.45) is 12.4. The molecule has 4 aliphatic rings. The van der Waals surface area contributed by atoms with E-state index in [2.05, 4.69) is 147 Å². The molecule has 368 valence electrons. The normalized spacial score (nSPS) is 25.8. The first-order valence-electron chi connectivity index (χ1n) is 25.6. The highest BCUT2D eigenvalue weighted by atomic mass is 16.5. The van der Waals surface area contributed by atoms with Gasteiger partial charge in [-0.1, -0.05) is 68.4 Å².